The highest BCUT2D eigenvalue weighted by Gasteiger charge is 2.06. The van der Waals surface area contributed by atoms with E-state index in [4.69, 9.17) is 0 Å². The third-order valence-electron chi connectivity index (χ3n) is 3.23. The first-order valence-corrected chi connectivity index (χ1v) is 6.76. The molecule has 0 fully saturated rings. The van der Waals surface area contributed by atoms with Crippen LogP contribution < -0.4 is 5.32 Å². The van der Waals surface area contributed by atoms with Crippen molar-refractivity contribution in [1.29, 1.82) is 0 Å². The molecular formula is C17H20FN. The van der Waals surface area contributed by atoms with Crippen molar-refractivity contribution in [2.45, 2.75) is 25.8 Å². The zero-order chi connectivity index (χ0) is 13.5. The maximum Gasteiger partial charge on any atom is 0.126 e. The summed E-state index contributed by atoms with van der Waals surface area (Å²) in [5.41, 5.74) is 2.11. The van der Waals surface area contributed by atoms with E-state index in [0.717, 1.165) is 24.9 Å². The molecule has 0 heterocycles. The minimum Gasteiger partial charge on any atom is -0.314 e. The van der Waals surface area contributed by atoms with Gasteiger partial charge in [-0.05, 0) is 43.5 Å². The summed E-state index contributed by atoms with van der Waals surface area (Å²) < 4.78 is 13.5. The third-order valence-corrected chi connectivity index (χ3v) is 3.23. The molecule has 0 amide bonds. The first-order chi connectivity index (χ1) is 9.25. The summed E-state index contributed by atoms with van der Waals surface area (Å²) in [6, 6.07) is 17.7. The first-order valence-electron chi connectivity index (χ1n) is 6.76. The molecule has 0 radical (unpaired) electrons. The van der Waals surface area contributed by atoms with Gasteiger partial charge in [0.15, 0.2) is 0 Å². The van der Waals surface area contributed by atoms with E-state index in [1.165, 1.54) is 11.6 Å². The topological polar surface area (TPSA) is 12.0 Å². The molecule has 0 aliphatic rings. The van der Waals surface area contributed by atoms with Crippen LogP contribution in [0.5, 0.6) is 0 Å². The Morgan fingerprint density at radius 2 is 1.68 bits per heavy atom. The average Bonchev–Trinajstić information content (AvgIpc) is 2.43. The van der Waals surface area contributed by atoms with Crippen LogP contribution in [0.2, 0.25) is 0 Å². The highest BCUT2D eigenvalue weighted by atomic mass is 19.1. The van der Waals surface area contributed by atoms with E-state index in [-0.39, 0.29) is 11.9 Å². The average molecular weight is 257 g/mol. The second-order valence-corrected chi connectivity index (χ2v) is 4.89. The van der Waals surface area contributed by atoms with Gasteiger partial charge in [0.2, 0.25) is 0 Å². The molecule has 2 aromatic carbocycles. The number of hydrogen-bond acceptors (Lipinski definition) is 1. The van der Waals surface area contributed by atoms with Crippen LogP contribution in [0.1, 0.15) is 18.1 Å². The van der Waals surface area contributed by atoms with E-state index in [9.17, 15) is 4.39 Å². The lowest BCUT2D eigenvalue weighted by Crippen LogP contribution is -2.30. The Hall–Kier alpha value is -1.67. The van der Waals surface area contributed by atoms with Crippen molar-refractivity contribution < 1.29 is 4.39 Å². The highest BCUT2D eigenvalue weighted by molar-refractivity contribution is 5.18. The molecule has 0 bridgehead atoms. The maximum atomic E-state index is 13.5. The molecule has 2 aromatic rings. The van der Waals surface area contributed by atoms with Crippen molar-refractivity contribution in [1.82, 2.24) is 5.32 Å². The molecule has 100 valence electrons. The van der Waals surface area contributed by atoms with Gasteiger partial charge in [-0.15, -0.1) is 0 Å². The lowest BCUT2D eigenvalue weighted by Gasteiger charge is -2.14. The lowest BCUT2D eigenvalue weighted by atomic mass is 10.1. The largest absolute Gasteiger partial charge is 0.314 e. The molecule has 0 aliphatic carbocycles. The maximum absolute atomic E-state index is 13.5. The second kappa shape index (κ2) is 7.05. The smallest absolute Gasteiger partial charge is 0.126 e. The van der Waals surface area contributed by atoms with Crippen LogP contribution in [0.3, 0.4) is 0 Å². The Morgan fingerprint density at radius 3 is 2.42 bits per heavy atom. The number of benzene rings is 2. The Balaban J connectivity index is 1.76. The van der Waals surface area contributed by atoms with E-state index in [1.54, 1.807) is 6.07 Å². The predicted octanol–water partition coefficient (Wildman–Crippen LogP) is 3.59. The molecule has 19 heavy (non-hydrogen) atoms. The van der Waals surface area contributed by atoms with Crippen LogP contribution in [0.15, 0.2) is 54.6 Å². The van der Waals surface area contributed by atoms with Crippen LogP contribution in [0.25, 0.3) is 0 Å². The lowest BCUT2D eigenvalue weighted by molar-refractivity contribution is 0.529. The van der Waals surface area contributed by atoms with Gasteiger partial charge in [0, 0.05) is 6.04 Å². The molecule has 0 spiro atoms. The second-order valence-electron chi connectivity index (χ2n) is 4.89. The van der Waals surface area contributed by atoms with E-state index in [0.29, 0.717) is 0 Å². The summed E-state index contributed by atoms with van der Waals surface area (Å²) in [6.07, 6.45) is 1.73. The summed E-state index contributed by atoms with van der Waals surface area (Å²) in [5, 5.41) is 3.44. The SMILES string of the molecule is CC(Cc1ccccc1F)NCCc1ccccc1. The zero-order valence-electron chi connectivity index (χ0n) is 11.3. The summed E-state index contributed by atoms with van der Waals surface area (Å²) >= 11 is 0. The molecule has 0 saturated heterocycles. The van der Waals surface area contributed by atoms with Crippen molar-refractivity contribution in [2.24, 2.45) is 0 Å². The Morgan fingerprint density at radius 1 is 1.00 bits per heavy atom. The van der Waals surface area contributed by atoms with Crippen molar-refractivity contribution in [3.8, 4) is 0 Å². The number of rotatable bonds is 6. The molecular weight excluding hydrogens is 237 g/mol. The predicted molar refractivity (Wildman–Crippen MR) is 77.7 cm³/mol. The van der Waals surface area contributed by atoms with Gasteiger partial charge in [-0.3, -0.25) is 0 Å². The summed E-state index contributed by atoms with van der Waals surface area (Å²) in [4.78, 5) is 0. The number of nitrogens with one attached hydrogen (secondary N) is 1. The fraction of sp³-hybridized carbons (Fsp3) is 0.294. The minimum atomic E-state index is -0.112. The fourth-order valence-electron chi connectivity index (χ4n) is 2.17. The minimum absolute atomic E-state index is 0.112. The van der Waals surface area contributed by atoms with Gasteiger partial charge in [0.25, 0.3) is 0 Å². The standard InChI is InChI=1S/C17H20FN/c1-14(13-16-9-5-6-10-17(16)18)19-12-11-15-7-3-2-4-8-15/h2-10,14,19H,11-13H2,1H3. The molecule has 0 saturated carbocycles. The summed E-state index contributed by atoms with van der Waals surface area (Å²) in [5.74, 6) is -0.112. The molecule has 0 aliphatic heterocycles. The van der Waals surface area contributed by atoms with E-state index >= 15 is 0 Å². The van der Waals surface area contributed by atoms with Gasteiger partial charge in [-0.25, -0.2) is 4.39 Å². The van der Waals surface area contributed by atoms with Gasteiger partial charge in [0.05, 0.1) is 0 Å². The van der Waals surface area contributed by atoms with Crippen LogP contribution in [-0.4, -0.2) is 12.6 Å². The van der Waals surface area contributed by atoms with Crippen molar-refractivity contribution in [3.05, 3.63) is 71.5 Å². The van der Waals surface area contributed by atoms with Crippen LogP contribution in [0, 0.1) is 5.82 Å². The normalized spacial score (nSPS) is 12.3. The van der Waals surface area contributed by atoms with Crippen LogP contribution >= 0.6 is 0 Å². The quantitative estimate of drug-likeness (QED) is 0.834. The molecule has 1 unspecified atom stereocenters. The van der Waals surface area contributed by atoms with Crippen molar-refractivity contribution >= 4 is 0 Å². The molecule has 2 heteroatoms. The number of halogens is 1. The number of hydrogen-bond donors (Lipinski definition) is 1. The monoisotopic (exact) mass is 257 g/mol. The molecule has 1 atom stereocenters. The van der Waals surface area contributed by atoms with E-state index in [1.807, 2.05) is 18.2 Å². The highest BCUT2D eigenvalue weighted by Crippen LogP contribution is 2.09. The Bertz CT molecular complexity index is 496. The summed E-state index contributed by atoms with van der Waals surface area (Å²) in [7, 11) is 0. The fourth-order valence-corrected chi connectivity index (χ4v) is 2.17. The van der Waals surface area contributed by atoms with Crippen molar-refractivity contribution in [3.63, 3.8) is 0 Å². The van der Waals surface area contributed by atoms with Crippen LogP contribution in [0.4, 0.5) is 4.39 Å². The van der Waals surface area contributed by atoms with Gasteiger partial charge in [-0.2, -0.15) is 0 Å². The molecule has 1 N–H and O–H groups in total. The van der Waals surface area contributed by atoms with E-state index in [2.05, 4.69) is 36.5 Å². The Kier molecular flexibility index (Phi) is 5.10. The van der Waals surface area contributed by atoms with Gasteiger partial charge < -0.3 is 5.32 Å². The van der Waals surface area contributed by atoms with Crippen LogP contribution in [-0.2, 0) is 12.8 Å². The van der Waals surface area contributed by atoms with E-state index < -0.39 is 0 Å². The van der Waals surface area contributed by atoms with Gasteiger partial charge >= 0.3 is 0 Å². The van der Waals surface area contributed by atoms with Gasteiger partial charge in [-0.1, -0.05) is 48.5 Å². The summed E-state index contributed by atoms with van der Waals surface area (Å²) in [6.45, 7) is 3.01. The van der Waals surface area contributed by atoms with Crippen molar-refractivity contribution in [2.75, 3.05) is 6.54 Å². The van der Waals surface area contributed by atoms with Gasteiger partial charge in [0.1, 0.15) is 5.82 Å². The zero-order valence-corrected chi connectivity index (χ0v) is 11.3. The molecule has 0 aromatic heterocycles. The molecule has 1 nitrogen and oxygen atoms in total. The third kappa shape index (κ3) is 4.49. The Labute approximate surface area is 114 Å². The first kappa shape index (κ1) is 13.8. The molecule has 2 rings (SSSR count).